The number of hydrogen-bond donors (Lipinski definition) is 0. The van der Waals surface area contributed by atoms with E-state index >= 15 is 0 Å². The maximum absolute atomic E-state index is 6.29. The van der Waals surface area contributed by atoms with E-state index in [-0.39, 0.29) is 0 Å². The normalized spacial score (nSPS) is 16.6. The highest BCUT2D eigenvalue weighted by Crippen LogP contribution is 2.22. The van der Waals surface area contributed by atoms with Crippen LogP contribution in [0.2, 0.25) is 10.0 Å². The van der Waals surface area contributed by atoms with Crippen molar-refractivity contribution in [1.82, 2.24) is 24.8 Å². The first kappa shape index (κ1) is 16.8. The van der Waals surface area contributed by atoms with Gasteiger partial charge < -0.3 is 0 Å². The largest absolute Gasteiger partial charge is 0.296 e. The van der Waals surface area contributed by atoms with E-state index in [0.717, 1.165) is 61.0 Å². The summed E-state index contributed by atoms with van der Waals surface area (Å²) in [5.74, 6) is 0. The van der Waals surface area contributed by atoms with Crippen LogP contribution in [0.1, 0.15) is 5.56 Å². The number of para-hydroxylation sites is 1. The summed E-state index contributed by atoms with van der Waals surface area (Å²) in [5.41, 5.74) is 3.15. The van der Waals surface area contributed by atoms with Crippen molar-refractivity contribution in [1.29, 1.82) is 0 Å². The van der Waals surface area contributed by atoms with Crippen molar-refractivity contribution in [3.05, 3.63) is 58.1 Å². The Bertz CT molecular complexity index is 871. The molecule has 0 atom stereocenters. The number of benzene rings is 2. The van der Waals surface area contributed by atoms with Crippen LogP contribution in [0.5, 0.6) is 0 Å². The molecule has 1 aliphatic rings. The summed E-state index contributed by atoms with van der Waals surface area (Å²) in [6.45, 7) is 5.64. The number of hydrogen-bond acceptors (Lipinski definition) is 4. The SMILES string of the molecule is Clc1ccc(CN2CCN(Cn3nnc4ccccc43)CC2)c(Cl)c1. The fourth-order valence-electron chi connectivity index (χ4n) is 3.19. The highest BCUT2D eigenvalue weighted by molar-refractivity contribution is 6.35. The second-order valence-corrected chi connectivity index (χ2v) is 7.19. The number of rotatable bonds is 4. The number of piperazine rings is 1. The topological polar surface area (TPSA) is 37.2 Å². The molecule has 0 amide bonds. The van der Waals surface area contributed by atoms with E-state index in [9.17, 15) is 0 Å². The Kier molecular flexibility index (Phi) is 4.90. The van der Waals surface area contributed by atoms with E-state index in [0.29, 0.717) is 5.02 Å². The van der Waals surface area contributed by atoms with Gasteiger partial charge in [-0.1, -0.05) is 46.6 Å². The van der Waals surface area contributed by atoms with Gasteiger partial charge in [0.25, 0.3) is 0 Å². The van der Waals surface area contributed by atoms with Crippen molar-refractivity contribution < 1.29 is 0 Å². The minimum absolute atomic E-state index is 0.679. The van der Waals surface area contributed by atoms with Gasteiger partial charge >= 0.3 is 0 Å². The quantitative estimate of drug-likeness (QED) is 0.698. The van der Waals surface area contributed by atoms with Crippen LogP contribution in [0.15, 0.2) is 42.5 Å². The third-order valence-electron chi connectivity index (χ3n) is 4.63. The van der Waals surface area contributed by atoms with Gasteiger partial charge in [-0.05, 0) is 29.8 Å². The summed E-state index contributed by atoms with van der Waals surface area (Å²) >= 11 is 12.3. The van der Waals surface area contributed by atoms with Crippen molar-refractivity contribution in [3.63, 3.8) is 0 Å². The molecule has 0 spiro atoms. The summed E-state index contributed by atoms with van der Waals surface area (Å²) in [6.07, 6.45) is 0. The van der Waals surface area contributed by atoms with Crippen LogP contribution < -0.4 is 0 Å². The van der Waals surface area contributed by atoms with Gasteiger partial charge in [-0.3, -0.25) is 9.80 Å². The molecule has 5 nitrogen and oxygen atoms in total. The van der Waals surface area contributed by atoms with E-state index in [1.807, 2.05) is 41.1 Å². The molecular weight excluding hydrogens is 357 g/mol. The molecule has 1 saturated heterocycles. The molecular formula is C18H19Cl2N5. The van der Waals surface area contributed by atoms with Gasteiger partial charge in [-0.15, -0.1) is 5.10 Å². The first-order valence-corrected chi connectivity index (χ1v) is 9.11. The summed E-state index contributed by atoms with van der Waals surface area (Å²) in [5, 5.41) is 9.92. The second-order valence-electron chi connectivity index (χ2n) is 6.35. The molecule has 3 aromatic rings. The van der Waals surface area contributed by atoms with Crippen molar-refractivity contribution in [2.45, 2.75) is 13.2 Å². The standard InChI is InChI=1S/C18H19Cl2N5/c19-15-6-5-14(16(20)11-15)12-23-7-9-24(10-8-23)13-25-18-4-2-1-3-17(18)21-22-25/h1-6,11H,7-10,12-13H2. The Hall–Kier alpha value is -1.66. The number of halogens is 2. The molecule has 1 fully saturated rings. The van der Waals surface area contributed by atoms with Gasteiger partial charge in [0.1, 0.15) is 5.52 Å². The van der Waals surface area contributed by atoms with Crippen LogP contribution in [-0.4, -0.2) is 51.0 Å². The molecule has 0 aliphatic carbocycles. The molecule has 25 heavy (non-hydrogen) atoms. The Morgan fingerprint density at radius 3 is 2.48 bits per heavy atom. The van der Waals surface area contributed by atoms with E-state index in [4.69, 9.17) is 23.2 Å². The Labute approximate surface area is 156 Å². The van der Waals surface area contributed by atoms with Crippen molar-refractivity contribution in [2.75, 3.05) is 26.2 Å². The average Bonchev–Trinajstić information content (AvgIpc) is 3.02. The zero-order valence-corrected chi connectivity index (χ0v) is 15.3. The van der Waals surface area contributed by atoms with E-state index in [2.05, 4.69) is 26.2 Å². The van der Waals surface area contributed by atoms with Crippen LogP contribution in [0.3, 0.4) is 0 Å². The zero-order chi connectivity index (χ0) is 17.2. The molecule has 1 aliphatic heterocycles. The summed E-state index contributed by atoms with van der Waals surface area (Å²) < 4.78 is 1.97. The maximum Gasteiger partial charge on any atom is 0.113 e. The first-order chi connectivity index (χ1) is 12.2. The van der Waals surface area contributed by atoms with E-state index < -0.39 is 0 Å². The molecule has 1 aromatic heterocycles. The Morgan fingerprint density at radius 2 is 1.68 bits per heavy atom. The molecule has 7 heteroatoms. The molecule has 0 saturated carbocycles. The average molecular weight is 376 g/mol. The molecule has 130 valence electrons. The molecule has 2 heterocycles. The summed E-state index contributed by atoms with van der Waals surface area (Å²) in [4.78, 5) is 4.83. The predicted molar refractivity (Wildman–Crippen MR) is 101 cm³/mol. The third-order valence-corrected chi connectivity index (χ3v) is 5.22. The summed E-state index contributed by atoms with van der Waals surface area (Å²) in [7, 11) is 0. The van der Waals surface area contributed by atoms with Crippen LogP contribution in [0.4, 0.5) is 0 Å². The molecule has 2 aromatic carbocycles. The molecule has 0 N–H and O–H groups in total. The minimum atomic E-state index is 0.679. The Balaban J connectivity index is 1.35. The second kappa shape index (κ2) is 7.30. The highest BCUT2D eigenvalue weighted by Gasteiger charge is 2.19. The number of nitrogens with zero attached hydrogens (tertiary/aromatic N) is 5. The fraction of sp³-hybridized carbons (Fsp3) is 0.333. The van der Waals surface area contributed by atoms with E-state index in [1.165, 1.54) is 0 Å². The van der Waals surface area contributed by atoms with Crippen molar-refractivity contribution in [3.8, 4) is 0 Å². The van der Waals surface area contributed by atoms with E-state index in [1.54, 1.807) is 0 Å². The lowest BCUT2D eigenvalue weighted by Gasteiger charge is -2.34. The van der Waals surface area contributed by atoms with Crippen LogP contribution >= 0.6 is 23.2 Å². The predicted octanol–water partition coefficient (Wildman–Crippen LogP) is 3.51. The smallest absolute Gasteiger partial charge is 0.113 e. The lowest BCUT2D eigenvalue weighted by molar-refractivity contribution is 0.0996. The molecule has 0 radical (unpaired) electrons. The van der Waals surface area contributed by atoms with Crippen LogP contribution in [0, 0.1) is 0 Å². The third kappa shape index (κ3) is 3.80. The number of fused-ring (bicyclic) bond motifs is 1. The molecule has 0 bridgehead atoms. The van der Waals surface area contributed by atoms with Crippen LogP contribution in [0.25, 0.3) is 11.0 Å². The fourth-order valence-corrected chi connectivity index (χ4v) is 3.66. The minimum Gasteiger partial charge on any atom is -0.296 e. The van der Waals surface area contributed by atoms with Crippen molar-refractivity contribution >= 4 is 34.2 Å². The molecule has 4 rings (SSSR count). The van der Waals surface area contributed by atoms with Gasteiger partial charge in [-0.25, -0.2) is 4.68 Å². The maximum atomic E-state index is 6.29. The Morgan fingerprint density at radius 1 is 0.920 bits per heavy atom. The molecule has 0 unspecified atom stereocenters. The lowest BCUT2D eigenvalue weighted by atomic mass is 10.2. The van der Waals surface area contributed by atoms with Gasteiger partial charge in [0.2, 0.25) is 0 Å². The zero-order valence-electron chi connectivity index (χ0n) is 13.8. The monoisotopic (exact) mass is 375 g/mol. The first-order valence-electron chi connectivity index (χ1n) is 8.36. The van der Waals surface area contributed by atoms with Gasteiger partial charge in [0, 0.05) is 42.8 Å². The van der Waals surface area contributed by atoms with Crippen LogP contribution in [-0.2, 0) is 13.2 Å². The highest BCUT2D eigenvalue weighted by atomic mass is 35.5. The van der Waals surface area contributed by atoms with Crippen molar-refractivity contribution in [2.24, 2.45) is 0 Å². The summed E-state index contributed by atoms with van der Waals surface area (Å²) in [6, 6.07) is 13.8. The lowest BCUT2D eigenvalue weighted by Crippen LogP contribution is -2.46. The van der Waals surface area contributed by atoms with Gasteiger partial charge in [0.05, 0.1) is 12.2 Å². The van der Waals surface area contributed by atoms with Gasteiger partial charge in [-0.2, -0.15) is 0 Å². The number of aromatic nitrogens is 3. The van der Waals surface area contributed by atoms with Gasteiger partial charge in [0.15, 0.2) is 0 Å².